The topological polar surface area (TPSA) is 279 Å². The summed E-state index contributed by atoms with van der Waals surface area (Å²) in [4.78, 5) is 43.3. The molecule has 0 aromatic heterocycles. The first kappa shape index (κ1) is 54.6. The number of ether oxygens (including phenoxy) is 9. The molecule has 4 heterocycles. The highest BCUT2D eigenvalue weighted by Gasteiger charge is 2.56. The maximum Gasteiger partial charge on any atom is 0.335 e. The first-order valence-electron chi connectivity index (χ1n) is 22.4. The van der Waals surface area contributed by atoms with Crippen LogP contribution in [0.1, 0.15) is 94.9 Å². The maximum absolute atomic E-state index is 14.8. The Morgan fingerprint density at radius 2 is 1.34 bits per heavy atom. The fourth-order valence-corrected chi connectivity index (χ4v) is 10.1. The van der Waals surface area contributed by atoms with Crippen molar-refractivity contribution < 1.29 is 92.8 Å². The van der Waals surface area contributed by atoms with Gasteiger partial charge in [0.15, 0.2) is 25.0 Å². The van der Waals surface area contributed by atoms with Crippen LogP contribution >= 0.6 is 0 Å². The minimum atomic E-state index is -2.27. The molecule has 372 valence electrons. The van der Waals surface area contributed by atoms with Gasteiger partial charge < -0.3 is 83.3 Å². The highest BCUT2D eigenvalue weighted by Crippen LogP contribution is 2.43. The predicted octanol–water partition coefficient (Wildman–Crippen LogP) is 0.356. The van der Waals surface area contributed by atoms with Crippen LogP contribution in [0.2, 0.25) is 0 Å². The van der Waals surface area contributed by atoms with Gasteiger partial charge in [0, 0.05) is 44.4 Å². The van der Waals surface area contributed by atoms with E-state index in [1.807, 2.05) is 25.9 Å². The van der Waals surface area contributed by atoms with Crippen molar-refractivity contribution in [3.8, 4) is 0 Å². The molecule has 0 bridgehead atoms. The molecule has 64 heavy (non-hydrogen) atoms. The first-order valence-corrected chi connectivity index (χ1v) is 22.4. The normalized spacial score (nSPS) is 49.3. The highest BCUT2D eigenvalue weighted by molar-refractivity contribution is 5.83. The monoisotopic (exact) mass is 924 g/mol. The molecular formula is C44H77NO19. The van der Waals surface area contributed by atoms with Crippen molar-refractivity contribution in [1.82, 2.24) is 4.90 Å². The van der Waals surface area contributed by atoms with E-state index in [1.165, 1.54) is 28.1 Å². The van der Waals surface area contributed by atoms with Crippen LogP contribution in [0.4, 0.5) is 0 Å². The van der Waals surface area contributed by atoms with Crippen molar-refractivity contribution in [3.05, 3.63) is 0 Å². The van der Waals surface area contributed by atoms with Gasteiger partial charge in [-0.1, -0.05) is 27.7 Å². The molecule has 4 aliphatic rings. The second-order valence-electron chi connectivity index (χ2n) is 19.5. The molecule has 4 aliphatic heterocycles. The van der Waals surface area contributed by atoms with Gasteiger partial charge in [-0.15, -0.1) is 0 Å². The Bertz CT molecular complexity index is 1570. The molecule has 4 rings (SSSR count). The minimum Gasteiger partial charge on any atom is -0.479 e. The molecule has 0 aromatic rings. The standard InChI is InChI=1S/C44H77NO19/c1-15-26-44(10,55)37(64-41-32(50)30(48)31(49)34(62-41)38(52)53)21(4)28(46)19(2)17-43(9,57-14)36(63-40-29(47)25(45(11)12)16-20(3)58-40)22(5)33(23(6)39(54)60-26)61-27-18-42(8,56-13)35(51)24(7)59-27/h19-27,29-37,40-41,47-51,55H,15-18H2,1-14H3,(H,52,53)/t19-,20-,21+,22+,23-,24+,25+,26-,27+,29-,30?,31?,32?,33+,34?,35+,36-,37-,40+,41?,42-,43-,44-/m1/s1. The van der Waals surface area contributed by atoms with Crippen LogP contribution in [0, 0.1) is 23.7 Å². The van der Waals surface area contributed by atoms with Crippen LogP contribution in [0.15, 0.2) is 0 Å². The number of carboxylic acids is 1. The lowest BCUT2D eigenvalue weighted by molar-refractivity contribution is -0.326. The van der Waals surface area contributed by atoms with Crippen LogP contribution < -0.4 is 0 Å². The van der Waals surface area contributed by atoms with Gasteiger partial charge >= 0.3 is 11.9 Å². The number of likely N-dealkylation sites (N-methyl/N-ethyl adjacent to an activating group) is 1. The van der Waals surface area contributed by atoms with Gasteiger partial charge in [0.25, 0.3) is 0 Å². The van der Waals surface area contributed by atoms with E-state index >= 15 is 0 Å². The van der Waals surface area contributed by atoms with Crippen molar-refractivity contribution >= 4 is 17.7 Å². The number of methoxy groups -OCH3 is 2. The fourth-order valence-electron chi connectivity index (χ4n) is 10.1. The first-order chi connectivity index (χ1) is 29.6. The molecule has 23 atom stereocenters. The molecule has 0 saturated carbocycles. The van der Waals surface area contributed by atoms with Gasteiger partial charge in [-0.3, -0.25) is 9.59 Å². The Kier molecular flexibility index (Phi) is 18.4. The second-order valence-corrected chi connectivity index (χ2v) is 19.5. The van der Waals surface area contributed by atoms with Gasteiger partial charge in [0.2, 0.25) is 0 Å². The van der Waals surface area contributed by atoms with Gasteiger partial charge in [-0.25, -0.2) is 4.79 Å². The van der Waals surface area contributed by atoms with E-state index < -0.39 is 144 Å². The molecule has 0 aliphatic carbocycles. The Morgan fingerprint density at radius 1 is 0.766 bits per heavy atom. The molecule has 0 aromatic carbocycles. The SMILES string of the molecule is CC[C@H]1OC(=O)[C@H](C)[C@@H](O[C@H]2C[C@@](C)(OC)[C@@H](O)[C@H](C)O2)[C@H](C)[C@@H](O[C@@H]2O[C@H](C)C[C@H](N(C)C)[C@H]2O)[C@](C)(OC)C[C@@H](C)C(=O)[C@H](C)[C@@H](OC2OC(C(=O)O)C(O)C(O)C2O)[C@]1(C)O. The van der Waals surface area contributed by atoms with Crippen LogP contribution in [-0.4, -0.2) is 202 Å². The fraction of sp³-hybridized carbons (Fsp3) is 0.932. The predicted molar refractivity (Wildman–Crippen MR) is 224 cm³/mol. The van der Waals surface area contributed by atoms with E-state index in [9.17, 15) is 50.1 Å². The molecule has 0 amide bonds. The van der Waals surface area contributed by atoms with E-state index in [1.54, 1.807) is 48.5 Å². The van der Waals surface area contributed by atoms with Crippen molar-refractivity contribution in [2.24, 2.45) is 23.7 Å². The van der Waals surface area contributed by atoms with Crippen LogP contribution in [0.5, 0.6) is 0 Å². The third-order valence-corrected chi connectivity index (χ3v) is 14.3. The average molecular weight is 924 g/mol. The van der Waals surface area contributed by atoms with E-state index in [4.69, 9.17) is 42.6 Å². The van der Waals surface area contributed by atoms with Crippen LogP contribution in [0.25, 0.3) is 0 Å². The Morgan fingerprint density at radius 3 is 1.89 bits per heavy atom. The number of hydrogen-bond acceptors (Lipinski definition) is 19. The molecule has 20 nitrogen and oxygen atoms in total. The van der Waals surface area contributed by atoms with Crippen molar-refractivity contribution in [3.63, 3.8) is 0 Å². The number of carbonyl (C=O) groups excluding carboxylic acids is 2. The van der Waals surface area contributed by atoms with Crippen molar-refractivity contribution in [2.75, 3.05) is 28.3 Å². The van der Waals surface area contributed by atoms with Crippen molar-refractivity contribution in [1.29, 1.82) is 0 Å². The molecule has 0 radical (unpaired) electrons. The molecule has 5 unspecified atom stereocenters. The largest absolute Gasteiger partial charge is 0.479 e. The van der Waals surface area contributed by atoms with E-state index in [0.717, 1.165) is 0 Å². The lowest BCUT2D eigenvalue weighted by Crippen LogP contribution is -2.64. The molecule has 7 N–H and O–H groups in total. The Balaban J connectivity index is 1.90. The number of rotatable bonds is 11. The summed E-state index contributed by atoms with van der Waals surface area (Å²) in [5.41, 5.74) is -4.81. The second kappa shape index (κ2) is 21.5. The van der Waals surface area contributed by atoms with Gasteiger partial charge in [-0.2, -0.15) is 0 Å². The number of nitrogens with zero attached hydrogens (tertiary/aromatic N) is 1. The van der Waals surface area contributed by atoms with Crippen LogP contribution in [-0.2, 0) is 57.0 Å². The molecule has 0 spiro atoms. The summed E-state index contributed by atoms with van der Waals surface area (Å²) in [5.74, 6) is -7.27. The van der Waals surface area contributed by atoms with E-state index in [2.05, 4.69) is 0 Å². The highest BCUT2D eigenvalue weighted by atomic mass is 16.7. The maximum atomic E-state index is 14.8. The zero-order valence-electron chi connectivity index (χ0n) is 39.9. The Labute approximate surface area is 376 Å². The molecular weight excluding hydrogens is 846 g/mol. The Hall–Kier alpha value is -1.99. The summed E-state index contributed by atoms with van der Waals surface area (Å²) in [5, 5.41) is 77.0. The smallest absolute Gasteiger partial charge is 0.335 e. The summed E-state index contributed by atoms with van der Waals surface area (Å²) in [6.07, 6.45) is -20.7. The number of Topliss-reactive ketones (excluding diaryl/α,β-unsaturated/α-hetero) is 1. The summed E-state index contributed by atoms with van der Waals surface area (Å²) >= 11 is 0. The number of aliphatic hydroxyl groups excluding tert-OH is 5. The van der Waals surface area contributed by atoms with Gasteiger partial charge in [0.05, 0.1) is 41.5 Å². The number of cyclic esters (lactones) is 1. The van der Waals surface area contributed by atoms with Gasteiger partial charge in [0.1, 0.15) is 54.1 Å². The average Bonchev–Trinajstić information content (AvgIpc) is 3.23. The van der Waals surface area contributed by atoms with Gasteiger partial charge in [-0.05, 0) is 74.9 Å². The summed E-state index contributed by atoms with van der Waals surface area (Å²) in [6, 6.07) is -0.369. The quantitative estimate of drug-likeness (QED) is 0.138. The van der Waals surface area contributed by atoms with Crippen LogP contribution in [0.3, 0.4) is 0 Å². The van der Waals surface area contributed by atoms with E-state index in [0.29, 0.717) is 6.42 Å². The number of esters is 1. The summed E-state index contributed by atoms with van der Waals surface area (Å²) in [7, 11) is 6.57. The summed E-state index contributed by atoms with van der Waals surface area (Å²) < 4.78 is 55.9. The number of ketones is 1. The summed E-state index contributed by atoms with van der Waals surface area (Å²) in [6.45, 7) is 16.3. The number of hydrogen-bond donors (Lipinski definition) is 7. The molecule has 20 heteroatoms. The zero-order chi connectivity index (χ0) is 48.5. The number of carboxylic acid groups (broad SMARTS) is 1. The third kappa shape index (κ3) is 11.3. The molecule has 4 saturated heterocycles. The third-order valence-electron chi connectivity index (χ3n) is 14.3. The number of aliphatic hydroxyl groups is 6. The number of aliphatic carboxylic acids is 1. The lowest BCUT2D eigenvalue weighted by Gasteiger charge is -2.50. The minimum absolute atomic E-state index is 0.0395. The zero-order valence-corrected chi connectivity index (χ0v) is 39.9. The number of carbonyl (C=O) groups is 3. The molecule has 4 fully saturated rings. The van der Waals surface area contributed by atoms with Crippen molar-refractivity contribution in [2.45, 2.75) is 210 Å². The lowest BCUT2D eigenvalue weighted by atomic mass is 9.73. The van der Waals surface area contributed by atoms with E-state index in [-0.39, 0.29) is 31.4 Å².